The van der Waals surface area contributed by atoms with E-state index in [9.17, 15) is 9.59 Å². The summed E-state index contributed by atoms with van der Waals surface area (Å²) in [5.74, 6) is -0.113. The van der Waals surface area contributed by atoms with Gasteiger partial charge in [-0.2, -0.15) is 0 Å². The van der Waals surface area contributed by atoms with Crippen molar-refractivity contribution in [2.75, 3.05) is 13.7 Å². The number of hydrogen-bond donors (Lipinski definition) is 0. The molecule has 2 rings (SSSR count). The molecule has 0 radical (unpaired) electrons. The molecule has 0 aromatic heterocycles. The van der Waals surface area contributed by atoms with Gasteiger partial charge < -0.3 is 4.74 Å². The van der Waals surface area contributed by atoms with E-state index in [1.54, 1.807) is 24.3 Å². The zero-order valence-corrected chi connectivity index (χ0v) is 11.5. The Hall–Kier alpha value is -1.81. The fourth-order valence-electron chi connectivity index (χ4n) is 1.80. The Kier molecular flexibility index (Phi) is 3.90. The first kappa shape index (κ1) is 13.6. The van der Waals surface area contributed by atoms with E-state index >= 15 is 0 Å². The van der Waals surface area contributed by atoms with Crippen LogP contribution in [0.1, 0.15) is 18.9 Å². The minimum Gasteiger partial charge on any atom is -0.494 e. The minimum absolute atomic E-state index is 0.0327. The number of amides is 2. The van der Waals surface area contributed by atoms with Crippen molar-refractivity contribution < 1.29 is 14.3 Å². The standard InChI is InChI=1S/C14H14ClNO3/c1-3-8-19-10-6-4-9(5-7-10)11-12(15)14(18)16(2)13(11)17/h4-7H,3,8H2,1-2H3. The van der Waals surface area contributed by atoms with Gasteiger partial charge in [-0.15, -0.1) is 0 Å². The van der Waals surface area contributed by atoms with E-state index in [-0.39, 0.29) is 16.5 Å². The maximum Gasteiger partial charge on any atom is 0.272 e. The second kappa shape index (κ2) is 5.45. The average Bonchev–Trinajstić information content (AvgIpc) is 2.62. The monoisotopic (exact) mass is 279 g/mol. The van der Waals surface area contributed by atoms with Crippen LogP contribution in [-0.2, 0) is 9.59 Å². The Morgan fingerprint density at radius 2 is 1.79 bits per heavy atom. The fraction of sp³-hybridized carbons (Fsp3) is 0.286. The van der Waals surface area contributed by atoms with Crippen LogP contribution in [0.25, 0.3) is 5.57 Å². The van der Waals surface area contributed by atoms with E-state index in [4.69, 9.17) is 16.3 Å². The number of ether oxygens (including phenoxy) is 1. The molecule has 1 aromatic carbocycles. The predicted molar refractivity (Wildman–Crippen MR) is 72.8 cm³/mol. The van der Waals surface area contributed by atoms with Crippen molar-refractivity contribution in [3.63, 3.8) is 0 Å². The molecule has 1 aliphatic rings. The van der Waals surface area contributed by atoms with Crippen LogP contribution >= 0.6 is 11.6 Å². The van der Waals surface area contributed by atoms with Gasteiger partial charge in [0.05, 0.1) is 12.2 Å². The van der Waals surface area contributed by atoms with E-state index in [0.717, 1.165) is 17.1 Å². The number of nitrogens with zero attached hydrogens (tertiary/aromatic N) is 1. The molecule has 19 heavy (non-hydrogen) atoms. The quantitative estimate of drug-likeness (QED) is 0.795. The zero-order chi connectivity index (χ0) is 14.0. The van der Waals surface area contributed by atoms with Crippen LogP contribution in [0.2, 0.25) is 0 Å². The lowest BCUT2D eigenvalue weighted by Crippen LogP contribution is -2.26. The third-order valence-electron chi connectivity index (χ3n) is 2.85. The summed E-state index contributed by atoms with van der Waals surface area (Å²) < 4.78 is 5.46. The Morgan fingerprint density at radius 1 is 1.16 bits per heavy atom. The molecule has 100 valence electrons. The summed E-state index contributed by atoms with van der Waals surface area (Å²) in [5.41, 5.74) is 0.868. The van der Waals surface area contributed by atoms with E-state index < -0.39 is 5.91 Å². The van der Waals surface area contributed by atoms with Gasteiger partial charge in [-0.1, -0.05) is 30.7 Å². The Morgan fingerprint density at radius 3 is 2.26 bits per heavy atom. The first-order valence-corrected chi connectivity index (χ1v) is 6.39. The maximum absolute atomic E-state index is 11.9. The van der Waals surface area contributed by atoms with E-state index in [0.29, 0.717) is 12.2 Å². The Labute approximate surface area is 116 Å². The zero-order valence-electron chi connectivity index (χ0n) is 10.8. The molecule has 1 aliphatic heterocycles. The molecule has 2 amide bonds. The van der Waals surface area contributed by atoms with Gasteiger partial charge >= 0.3 is 0 Å². The van der Waals surface area contributed by atoms with Gasteiger partial charge in [0.15, 0.2) is 0 Å². The summed E-state index contributed by atoms with van der Waals surface area (Å²) in [6.45, 7) is 2.67. The molecule has 5 heteroatoms. The van der Waals surface area contributed by atoms with Crippen molar-refractivity contribution in [1.29, 1.82) is 0 Å². The van der Waals surface area contributed by atoms with Crippen molar-refractivity contribution in [3.05, 3.63) is 34.9 Å². The molecular formula is C14H14ClNO3. The number of rotatable bonds is 4. The first-order chi connectivity index (χ1) is 9.06. The third kappa shape index (κ3) is 2.49. The highest BCUT2D eigenvalue weighted by Crippen LogP contribution is 2.31. The number of imide groups is 1. The van der Waals surface area contributed by atoms with E-state index in [1.165, 1.54) is 7.05 Å². The first-order valence-electron chi connectivity index (χ1n) is 6.01. The summed E-state index contributed by atoms with van der Waals surface area (Å²) in [6, 6.07) is 6.98. The number of benzene rings is 1. The number of likely N-dealkylation sites (N-methyl/N-ethyl adjacent to an activating group) is 1. The van der Waals surface area contributed by atoms with Crippen LogP contribution in [0, 0.1) is 0 Å². The van der Waals surface area contributed by atoms with Crippen molar-refractivity contribution in [2.45, 2.75) is 13.3 Å². The summed E-state index contributed by atoms with van der Waals surface area (Å²) in [6.07, 6.45) is 0.927. The predicted octanol–water partition coefficient (Wildman–Crippen LogP) is 2.42. The van der Waals surface area contributed by atoms with Crippen LogP contribution in [0.4, 0.5) is 0 Å². The fourth-order valence-corrected chi connectivity index (χ4v) is 2.11. The number of carbonyl (C=O) groups excluding carboxylic acids is 2. The van der Waals surface area contributed by atoms with Crippen molar-refractivity contribution in [3.8, 4) is 5.75 Å². The second-order valence-electron chi connectivity index (χ2n) is 4.23. The van der Waals surface area contributed by atoms with E-state index in [2.05, 4.69) is 0 Å². The molecule has 0 bridgehead atoms. The lowest BCUT2D eigenvalue weighted by molar-refractivity contribution is -0.134. The van der Waals surface area contributed by atoms with Crippen LogP contribution in [0.5, 0.6) is 5.75 Å². The molecule has 0 saturated heterocycles. The van der Waals surface area contributed by atoms with Gasteiger partial charge in [0, 0.05) is 7.05 Å². The van der Waals surface area contributed by atoms with Crippen LogP contribution in [0.15, 0.2) is 29.3 Å². The van der Waals surface area contributed by atoms with Gasteiger partial charge in [0.25, 0.3) is 11.8 Å². The van der Waals surface area contributed by atoms with Gasteiger partial charge in [0.1, 0.15) is 10.8 Å². The molecule has 0 aliphatic carbocycles. The van der Waals surface area contributed by atoms with Crippen molar-refractivity contribution >= 4 is 29.0 Å². The minimum atomic E-state index is -0.465. The van der Waals surface area contributed by atoms with Crippen LogP contribution < -0.4 is 4.74 Å². The number of carbonyl (C=O) groups is 2. The highest BCUT2D eigenvalue weighted by atomic mass is 35.5. The largest absolute Gasteiger partial charge is 0.494 e. The third-order valence-corrected chi connectivity index (χ3v) is 3.20. The SMILES string of the molecule is CCCOc1ccc(C2=C(Cl)C(=O)N(C)C2=O)cc1. The molecule has 0 spiro atoms. The molecule has 0 saturated carbocycles. The lowest BCUT2D eigenvalue weighted by Gasteiger charge is -2.08. The summed E-state index contributed by atoms with van der Waals surface area (Å²) in [5, 5.41) is -0.0327. The molecule has 1 aromatic rings. The molecule has 0 N–H and O–H groups in total. The normalized spacial score (nSPS) is 15.4. The van der Waals surface area contributed by atoms with Gasteiger partial charge in [-0.25, -0.2) is 0 Å². The number of hydrogen-bond acceptors (Lipinski definition) is 3. The van der Waals surface area contributed by atoms with Crippen LogP contribution in [-0.4, -0.2) is 30.4 Å². The van der Waals surface area contributed by atoms with Gasteiger partial charge in [-0.05, 0) is 24.1 Å². The highest BCUT2D eigenvalue weighted by Gasteiger charge is 2.35. The topological polar surface area (TPSA) is 46.6 Å². The molecule has 0 atom stereocenters. The number of halogens is 1. The van der Waals surface area contributed by atoms with Crippen molar-refractivity contribution in [2.24, 2.45) is 0 Å². The summed E-state index contributed by atoms with van der Waals surface area (Å²) >= 11 is 5.91. The maximum atomic E-state index is 11.9. The van der Waals surface area contributed by atoms with E-state index in [1.807, 2.05) is 6.92 Å². The van der Waals surface area contributed by atoms with Crippen LogP contribution in [0.3, 0.4) is 0 Å². The smallest absolute Gasteiger partial charge is 0.272 e. The summed E-state index contributed by atoms with van der Waals surface area (Å²) in [7, 11) is 1.42. The molecule has 1 heterocycles. The second-order valence-corrected chi connectivity index (χ2v) is 4.61. The average molecular weight is 280 g/mol. The summed E-state index contributed by atoms with van der Waals surface area (Å²) in [4.78, 5) is 24.5. The molecular weight excluding hydrogens is 266 g/mol. The highest BCUT2D eigenvalue weighted by molar-refractivity contribution is 6.55. The van der Waals surface area contributed by atoms with Gasteiger partial charge in [0.2, 0.25) is 0 Å². The van der Waals surface area contributed by atoms with Crippen molar-refractivity contribution in [1.82, 2.24) is 4.90 Å². The lowest BCUT2D eigenvalue weighted by atomic mass is 10.1. The molecule has 0 fully saturated rings. The molecule has 0 unspecified atom stereocenters. The Balaban J connectivity index is 2.28. The Bertz CT molecular complexity index is 548. The van der Waals surface area contributed by atoms with Gasteiger partial charge in [-0.3, -0.25) is 14.5 Å². The molecule has 4 nitrogen and oxygen atoms in total.